The first-order chi connectivity index (χ1) is 8.54. The molecule has 0 radical (unpaired) electrons. The van der Waals surface area contributed by atoms with Gasteiger partial charge in [-0.05, 0) is 31.0 Å². The van der Waals surface area contributed by atoms with Crippen molar-refractivity contribution in [1.82, 2.24) is 5.32 Å². The van der Waals surface area contributed by atoms with E-state index < -0.39 is 0 Å². The molecule has 0 spiro atoms. The number of hydrogen-bond donors (Lipinski definition) is 2. The van der Waals surface area contributed by atoms with Crippen LogP contribution in [0.3, 0.4) is 0 Å². The fourth-order valence-corrected chi connectivity index (χ4v) is 1.50. The minimum absolute atomic E-state index is 0.00589. The molecule has 0 bridgehead atoms. The second kappa shape index (κ2) is 6.81. The minimum atomic E-state index is -0.162. The standard InChI is InChI=1S/C14H20N2O2/c1-4-7-16-14(17)9-18-13-6-5-12(11(3)15)8-10(13)2/h4-6,8,11H,1,7,9,15H2,2-3H3,(H,16,17)/t11-/m0/s1. The first-order valence-electron chi connectivity index (χ1n) is 5.91. The zero-order valence-corrected chi connectivity index (χ0v) is 10.9. The zero-order valence-electron chi connectivity index (χ0n) is 10.9. The maximum Gasteiger partial charge on any atom is 0.258 e. The summed E-state index contributed by atoms with van der Waals surface area (Å²) in [6.07, 6.45) is 1.63. The van der Waals surface area contributed by atoms with Gasteiger partial charge in [-0.25, -0.2) is 0 Å². The SMILES string of the molecule is C=CCNC(=O)COc1ccc([C@H](C)N)cc1C. The van der Waals surface area contributed by atoms with Crippen molar-refractivity contribution in [3.05, 3.63) is 42.0 Å². The average molecular weight is 248 g/mol. The molecule has 0 saturated carbocycles. The van der Waals surface area contributed by atoms with Gasteiger partial charge in [0.25, 0.3) is 5.91 Å². The lowest BCUT2D eigenvalue weighted by Crippen LogP contribution is -2.28. The monoisotopic (exact) mass is 248 g/mol. The molecule has 3 N–H and O–H groups in total. The van der Waals surface area contributed by atoms with Crippen LogP contribution >= 0.6 is 0 Å². The van der Waals surface area contributed by atoms with Crippen molar-refractivity contribution >= 4 is 5.91 Å². The van der Waals surface area contributed by atoms with Crippen molar-refractivity contribution < 1.29 is 9.53 Å². The van der Waals surface area contributed by atoms with Crippen molar-refractivity contribution in [2.45, 2.75) is 19.9 Å². The normalized spacial score (nSPS) is 11.7. The number of nitrogens with two attached hydrogens (primary N) is 1. The summed E-state index contributed by atoms with van der Waals surface area (Å²) in [7, 11) is 0. The van der Waals surface area contributed by atoms with Crippen molar-refractivity contribution in [3.63, 3.8) is 0 Å². The maximum absolute atomic E-state index is 11.4. The summed E-state index contributed by atoms with van der Waals surface area (Å²) in [5.41, 5.74) is 7.82. The van der Waals surface area contributed by atoms with Gasteiger partial charge in [0.05, 0.1) is 0 Å². The van der Waals surface area contributed by atoms with Crippen molar-refractivity contribution in [1.29, 1.82) is 0 Å². The third-order valence-electron chi connectivity index (χ3n) is 2.53. The van der Waals surface area contributed by atoms with Crippen LogP contribution in [-0.4, -0.2) is 19.1 Å². The quantitative estimate of drug-likeness (QED) is 0.753. The van der Waals surface area contributed by atoms with Crippen molar-refractivity contribution in [2.24, 2.45) is 5.73 Å². The highest BCUT2D eigenvalue weighted by Gasteiger charge is 2.06. The smallest absolute Gasteiger partial charge is 0.258 e. The minimum Gasteiger partial charge on any atom is -0.484 e. The summed E-state index contributed by atoms with van der Waals surface area (Å²) in [5, 5.41) is 2.65. The molecule has 1 aromatic carbocycles. The first kappa shape index (κ1) is 14.3. The Morgan fingerprint density at radius 2 is 2.33 bits per heavy atom. The molecule has 1 atom stereocenters. The number of carbonyl (C=O) groups is 1. The molecule has 4 nitrogen and oxygen atoms in total. The molecule has 0 aliphatic rings. The molecule has 0 aliphatic heterocycles. The number of rotatable bonds is 6. The van der Waals surface area contributed by atoms with Gasteiger partial charge in [-0.2, -0.15) is 0 Å². The number of nitrogens with one attached hydrogen (secondary N) is 1. The van der Waals surface area contributed by atoms with E-state index in [0.717, 1.165) is 11.1 Å². The molecule has 0 heterocycles. The fourth-order valence-electron chi connectivity index (χ4n) is 1.50. The summed E-state index contributed by atoms with van der Waals surface area (Å²) in [5.74, 6) is 0.540. The van der Waals surface area contributed by atoms with E-state index >= 15 is 0 Å². The summed E-state index contributed by atoms with van der Waals surface area (Å²) in [6.45, 7) is 7.84. The summed E-state index contributed by atoms with van der Waals surface area (Å²) < 4.78 is 5.44. The largest absolute Gasteiger partial charge is 0.484 e. The summed E-state index contributed by atoms with van der Waals surface area (Å²) in [4.78, 5) is 11.4. The lowest BCUT2D eigenvalue weighted by Gasteiger charge is -2.12. The van der Waals surface area contributed by atoms with Gasteiger partial charge in [-0.15, -0.1) is 6.58 Å². The Morgan fingerprint density at radius 1 is 1.61 bits per heavy atom. The van der Waals surface area contributed by atoms with Gasteiger partial charge < -0.3 is 15.8 Å². The Bertz CT molecular complexity index is 428. The van der Waals surface area contributed by atoms with E-state index in [1.54, 1.807) is 6.08 Å². The third kappa shape index (κ3) is 4.22. The van der Waals surface area contributed by atoms with Crippen molar-refractivity contribution in [2.75, 3.05) is 13.2 Å². The zero-order chi connectivity index (χ0) is 13.5. The number of carbonyl (C=O) groups excluding carboxylic acids is 1. The van der Waals surface area contributed by atoms with Gasteiger partial charge in [-0.3, -0.25) is 4.79 Å². The molecule has 4 heteroatoms. The van der Waals surface area contributed by atoms with Crippen LogP contribution in [0.1, 0.15) is 24.1 Å². The van der Waals surface area contributed by atoms with Crippen LogP contribution in [0, 0.1) is 6.92 Å². The lowest BCUT2D eigenvalue weighted by atomic mass is 10.1. The van der Waals surface area contributed by atoms with E-state index in [0.29, 0.717) is 12.3 Å². The molecule has 18 heavy (non-hydrogen) atoms. The van der Waals surface area contributed by atoms with E-state index in [1.807, 2.05) is 32.0 Å². The van der Waals surface area contributed by atoms with Crippen LogP contribution in [0.15, 0.2) is 30.9 Å². The Labute approximate surface area is 108 Å². The van der Waals surface area contributed by atoms with Crippen molar-refractivity contribution in [3.8, 4) is 5.75 Å². The summed E-state index contributed by atoms with van der Waals surface area (Å²) in [6, 6.07) is 5.72. The Hall–Kier alpha value is -1.81. The number of hydrogen-bond acceptors (Lipinski definition) is 3. The molecule has 0 aliphatic carbocycles. The molecule has 0 unspecified atom stereocenters. The van der Waals surface area contributed by atoms with Crippen LogP contribution in [0.2, 0.25) is 0 Å². The van der Waals surface area contributed by atoms with E-state index in [-0.39, 0.29) is 18.6 Å². The molecule has 0 fully saturated rings. The molecule has 1 rings (SSSR count). The van der Waals surface area contributed by atoms with Gasteiger partial charge in [0, 0.05) is 12.6 Å². The maximum atomic E-state index is 11.4. The summed E-state index contributed by atoms with van der Waals surface area (Å²) >= 11 is 0. The molecule has 98 valence electrons. The predicted molar refractivity (Wildman–Crippen MR) is 72.5 cm³/mol. The molecule has 0 saturated heterocycles. The van der Waals surface area contributed by atoms with Gasteiger partial charge >= 0.3 is 0 Å². The molecule has 1 aromatic rings. The van der Waals surface area contributed by atoms with Crippen LogP contribution in [-0.2, 0) is 4.79 Å². The van der Waals surface area contributed by atoms with Gasteiger partial charge in [0.1, 0.15) is 5.75 Å². The second-order valence-electron chi connectivity index (χ2n) is 4.20. The Kier molecular flexibility index (Phi) is 5.39. The highest BCUT2D eigenvalue weighted by molar-refractivity contribution is 5.77. The number of aryl methyl sites for hydroxylation is 1. The van der Waals surface area contributed by atoms with E-state index in [2.05, 4.69) is 11.9 Å². The molecular formula is C14H20N2O2. The highest BCUT2D eigenvalue weighted by atomic mass is 16.5. The predicted octanol–water partition coefficient (Wildman–Crippen LogP) is 1.70. The molecular weight excluding hydrogens is 228 g/mol. The number of amides is 1. The van der Waals surface area contributed by atoms with Crippen LogP contribution in [0.5, 0.6) is 5.75 Å². The Morgan fingerprint density at radius 3 is 2.89 bits per heavy atom. The molecule has 0 aromatic heterocycles. The van der Waals surface area contributed by atoms with Gasteiger partial charge in [0.15, 0.2) is 6.61 Å². The Balaban J connectivity index is 2.57. The van der Waals surface area contributed by atoms with Gasteiger partial charge in [0.2, 0.25) is 0 Å². The highest BCUT2D eigenvalue weighted by Crippen LogP contribution is 2.21. The topological polar surface area (TPSA) is 64.3 Å². The van der Waals surface area contributed by atoms with Gasteiger partial charge in [-0.1, -0.05) is 18.2 Å². The lowest BCUT2D eigenvalue weighted by molar-refractivity contribution is -0.122. The van der Waals surface area contributed by atoms with Crippen LogP contribution in [0.4, 0.5) is 0 Å². The third-order valence-corrected chi connectivity index (χ3v) is 2.53. The van der Waals surface area contributed by atoms with E-state index in [1.165, 1.54) is 0 Å². The first-order valence-corrected chi connectivity index (χ1v) is 5.91. The van der Waals surface area contributed by atoms with E-state index in [4.69, 9.17) is 10.5 Å². The number of ether oxygens (including phenoxy) is 1. The fraction of sp³-hybridized carbons (Fsp3) is 0.357. The van der Waals surface area contributed by atoms with Crippen LogP contribution < -0.4 is 15.8 Å². The second-order valence-corrected chi connectivity index (χ2v) is 4.20. The van der Waals surface area contributed by atoms with Crippen LogP contribution in [0.25, 0.3) is 0 Å². The number of benzene rings is 1. The molecule has 1 amide bonds. The van der Waals surface area contributed by atoms with E-state index in [9.17, 15) is 4.79 Å². The average Bonchev–Trinajstić information content (AvgIpc) is 2.34.